The van der Waals surface area contributed by atoms with E-state index in [0.717, 1.165) is 0 Å². The number of nitrogens with zero attached hydrogens (tertiary/aromatic N) is 1. The molecule has 0 bridgehead atoms. The number of nitroso groups, excluding NO2 is 1. The third kappa shape index (κ3) is 6.30. The van der Waals surface area contributed by atoms with E-state index in [2.05, 4.69) is 5.59 Å². The van der Waals surface area contributed by atoms with Gasteiger partial charge in [0.05, 0.1) is 5.09 Å². The summed E-state index contributed by atoms with van der Waals surface area (Å²) in [6, 6.07) is 0. The van der Waals surface area contributed by atoms with Gasteiger partial charge in [0.1, 0.15) is 0 Å². The first-order chi connectivity index (χ1) is 2.73. The largest absolute Gasteiger partial charge is 0.356 e. The van der Waals surface area contributed by atoms with Crippen molar-refractivity contribution < 1.29 is 10.7 Å². The van der Waals surface area contributed by atoms with Gasteiger partial charge in [-0.25, -0.2) is 0 Å². The van der Waals surface area contributed by atoms with Crippen molar-refractivity contribution in [3.05, 3.63) is 20.2 Å². The molecule has 0 aliphatic heterocycles. The van der Waals surface area contributed by atoms with Gasteiger partial charge in [0, 0.05) is 4.91 Å². The molecule has 2 N–H and O–H groups in total. The highest BCUT2D eigenvalue weighted by Crippen LogP contribution is 1.44. The quantitative estimate of drug-likeness (QED) is 0.284. The van der Waals surface area contributed by atoms with Gasteiger partial charge in [-0.05, 0) is 5.59 Å². The van der Waals surface area contributed by atoms with Gasteiger partial charge in [0.2, 0.25) is 0 Å². The lowest BCUT2D eigenvalue weighted by Crippen LogP contribution is -2.18. The van der Waals surface area contributed by atoms with E-state index in [1.54, 1.807) is 0 Å². The van der Waals surface area contributed by atoms with E-state index >= 15 is 0 Å². The fourth-order valence-electron chi connectivity index (χ4n) is 0. The normalized spacial score (nSPS) is 4.67. The molecule has 6 heteroatoms. The number of hydrogen-bond donors (Lipinski definition) is 1. The zero-order valence-electron chi connectivity index (χ0n) is 2.66. The number of hydrogen-bond acceptors (Lipinski definition) is 4. The Labute approximate surface area is 32.3 Å². The lowest BCUT2D eigenvalue weighted by molar-refractivity contribution is -0.402. The Bertz CT molecular complexity index is 36.8. The second-order valence-corrected chi connectivity index (χ2v) is 0.224. The Hall–Kier alpha value is -1.20. The summed E-state index contributed by atoms with van der Waals surface area (Å²) in [6.45, 7) is 0. The van der Waals surface area contributed by atoms with Gasteiger partial charge in [-0.1, -0.05) is 0 Å². The van der Waals surface area contributed by atoms with Crippen molar-refractivity contribution in [3.8, 4) is 0 Å². The highest BCUT2D eigenvalue weighted by Gasteiger charge is 1.45. The van der Waals surface area contributed by atoms with Crippen molar-refractivity contribution in [3.63, 3.8) is 0 Å². The van der Waals surface area contributed by atoms with E-state index in [-0.39, 0.29) is 0 Å². The summed E-state index contributed by atoms with van der Waals surface area (Å²) < 4.78 is 0. The Kier molecular flexibility index (Phi) is 13.5. The van der Waals surface area contributed by atoms with E-state index in [4.69, 9.17) is 20.2 Å². The molecule has 6 heavy (non-hydrogen) atoms. The molecule has 0 heterocycles. The highest BCUT2D eigenvalue weighted by atomic mass is 16.9. The molecule has 6 nitrogen and oxygen atoms in total. The van der Waals surface area contributed by atoms with E-state index in [9.17, 15) is 0 Å². The zero-order chi connectivity index (χ0) is 5.58. The van der Waals surface area contributed by atoms with Crippen molar-refractivity contribution in [1.29, 1.82) is 0 Å². The van der Waals surface area contributed by atoms with Gasteiger partial charge in [-0.15, -0.1) is 0 Å². The molecule has 0 fully saturated rings. The zero-order valence-corrected chi connectivity index (χ0v) is 2.66. The molecule has 0 saturated heterocycles. The molecule has 0 spiro atoms. The minimum atomic E-state index is -1.75. The molecule has 0 radical (unpaired) electrons. The van der Waals surface area contributed by atoms with E-state index in [1.807, 2.05) is 0 Å². The lowest BCUT2D eigenvalue weighted by Gasteiger charge is -1.74. The van der Waals surface area contributed by atoms with Crippen molar-refractivity contribution >= 4 is 0 Å². The fraction of sp³-hybridized carbons (Fsp3) is 0. The van der Waals surface area contributed by atoms with Gasteiger partial charge >= 0.3 is 0 Å². The first kappa shape index (κ1) is 8.84. The van der Waals surface area contributed by atoms with Gasteiger partial charge in [0.15, 0.2) is 0 Å². The summed E-state index contributed by atoms with van der Waals surface area (Å²) in [5.74, 6) is 0. The molecule has 0 aromatic heterocycles. The standard InChI is InChI=1S/NO3.H2NO/c2-1(3)4;1-2/h;1H2/q-1;+1. The van der Waals surface area contributed by atoms with Gasteiger partial charge < -0.3 is 15.3 Å². The minimum Gasteiger partial charge on any atom is -0.356 e. The average Bonchev–Trinajstić information content (AvgIpc) is 1.41. The van der Waals surface area contributed by atoms with Crippen molar-refractivity contribution in [1.82, 2.24) is 0 Å². The first-order valence-electron chi connectivity index (χ1n) is 0.783. The smallest absolute Gasteiger partial charge is 0.0689 e. The third-order valence-electron chi connectivity index (χ3n) is 0. The average molecular weight is 94.0 g/mol. The van der Waals surface area contributed by atoms with Gasteiger partial charge in [-0.2, -0.15) is 0 Å². The van der Waals surface area contributed by atoms with Crippen LogP contribution < -0.4 is 5.59 Å². The predicted molar refractivity (Wildman–Crippen MR) is 15.7 cm³/mol. The van der Waals surface area contributed by atoms with Crippen molar-refractivity contribution in [2.75, 3.05) is 0 Å². The van der Waals surface area contributed by atoms with Gasteiger partial charge in [-0.3, -0.25) is 0 Å². The molecule has 0 aliphatic rings. The summed E-state index contributed by atoms with van der Waals surface area (Å²) >= 11 is 0. The van der Waals surface area contributed by atoms with Crippen LogP contribution in [0.25, 0.3) is 0 Å². The maximum atomic E-state index is 8.25. The number of rotatable bonds is 0. The molecule has 0 aromatic carbocycles. The third-order valence-corrected chi connectivity index (χ3v) is 0. The van der Waals surface area contributed by atoms with E-state index < -0.39 is 5.09 Å². The topological polar surface area (TPSA) is 109 Å². The molecular weight excluding hydrogens is 92.0 g/mol. The van der Waals surface area contributed by atoms with Crippen LogP contribution in [0.15, 0.2) is 0 Å². The molecule has 36 valence electrons. The summed E-state index contributed by atoms with van der Waals surface area (Å²) in [5, 5.41) is 14.8. The maximum Gasteiger partial charge on any atom is 0.0689 e. The molecule has 0 saturated carbocycles. The highest BCUT2D eigenvalue weighted by molar-refractivity contribution is 4.03. The first-order valence-corrected chi connectivity index (χ1v) is 0.783. The van der Waals surface area contributed by atoms with Crippen LogP contribution in [0, 0.1) is 20.2 Å². The second-order valence-electron chi connectivity index (χ2n) is 0.224. The number of nitrogens with two attached hydrogens (primary N) is 1. The summed E-state index contributed by atoms with van der Waals surface area (Å²) in [7, 11) is 0. The van der Waals surface area contributed by atoms with Crippen LogP contribution in [0.3, 0.4) is 0 Å². The second kappa shape index (κ2) is 9.20. The van der Waals surface area contributed by atoms with Crippen LogP contribution in [0.1, 0.15) is 0 Å². The SMILES string of the molecule is O=[N+]([O-])[O-].[NH2+]=O. The summed E-state index contributed by atoms with van der Waals surface area (Å²) in [4.78, 5) is 16.0. The Morgan fingerprint density at radius 2 is 1.33 bits per heavy atom. The monoisotopic (exact) mass is 94.0 g/mol. The van der Waals surface area contributed by atoms with Crippen LogP contribution in [0.2, 0.25) is 0 Å². The summed E-state index contributed by atoms with van der Waals surface area (Å²) in [5.41, 5.74) is 3.25. The van der Waals surface area contributed by atoms with E-state index in [1.165, 1.54) is 0 Å². The fourth-order valence-corrected chi connectivity index (χ4v) is 0. The van der Waals surface area contributed by atoms with Crippen LogP contribution in [0.5, 0.6) is 0 Å². The van der Waals surface area contributed by atoms with Gasteiger partial charge in [0.25, 0.3) is 0 Å². The minimum absolute atomic E-state index is 1.75. The maximum absolute atomic E-state index is 8.25. The van der Waals surface area contributed by atoms with Crippen LogP contribution in [-0.4, -0.2) is 5.09 Å². The molecule has 0 aromatic rings. The molecule has 0 unspecified atom stereocenters. The molecular formula is H2N2O4. The Morgan fingerprint density at radius 3 is 1.33 bits per heavy atom. The molecule has 0 amide bonds. The predicted octanol–water partition coefficient (Wildman–Crippen LogP) is -1.73. The van der Waals surface area contributed by atoms with Crippen LogP contribution >= 0.6 is 0 Å². The van der Waals surface area contributed by atoms with E-state index in [0.29, 0.717) is 0 Å². The van der Waals surface area contributed by atoms with Crippen molar-refractivity contribution in [2.45, 2.75) is 0 Å². The molecule has 0 rings (SSSR count). The lowest BCUT2D eigenvalue weighted by atomic mass is 13.1. The Morgan fingerprint density at radius 1 is 1.33 bits per heavy atom. The van der Waals surface area contributed by atoms with Crippen LogP contribution in [-0.2, 0) is 0 Å². The molecule has 0 aliphatic carbocycles. The Balaban J connectivity index is 0. The summed E-state index contributed by atoms with van der Waals surface area (Å²) in [6.07, 6.45) is 0. The van der Waals surface area contributed by atoms with Crippen molar-refractivity contribution in [2.24, 2.45) is 0 Å². The van der Waals surface area contributed by atoms with Crippen LogP contribution in [0.4, 0.5) is 0 Å². The molecule has 0 atom stereocenters.